The molecule has 1 aromatic carbocycles. The quantitative estimate of drug-likeness (QED) is 0.553. The van der Waals surface area contributed by atoms with Crippen molar-refractivity contribution in [3.05, 3.63) is 35.4 Å². The zero-order valence-electron chi connectivity index (χ0n) is 8.99. The highest BCUT2D eigenvalue weighted by Crippen LogP contribution is 2.10. The maximum atomic E-state index is 11.2. The number of hydrogen-bond acceptors (Lipinski definition) is 2. The summed E-state index contributed by atoms with van der Waals surface area (Å²) >= 11 is 0. The summed E-state index contributed by atoms with van der Waals surface area (Å²) in [5, 5.41) is 0. The number of methoxy groups -OCH3 is 1. The Hall–Kier alpha value is -1.75. The Morgan fingerprint density at radius 2 is 2.07 bits per heavy atom. The molecule has 1 atom stereocenters. The molecule has 0 fully saturated rings. The van der Waals surface area contributed by atoms with Gasteiger partial charge < -0.3 is 4.74 Å². The van der Waals surface area contributed by atoms with Crippen LogP contribution in [0.5, 0.6) is 0 Å². The Morgan fingerprint density at radius 3 is 2.53 bits per heavy atom. The number of ether oxygens (including phenoxy) is 1. The molecule has 2 heteroatoms. The molecule has 1 aromatic rings. The van der Waals surface area contributed by atoms with Gasteiger partial charge in [0.15, 0.2) is 0 Å². The Kier molecular flexibility index (Phi) is 3.93. The Bertz CT molecular complexity index is 371. The predicted octanol–water partition coefficient (Wildman–Crippen LogP) is 2.02. The zero-order valence-corrected chi connectivity index (χ0v) is 8.99. The standard InChI is InChI=1S/C13H14O2/c1-4-11-5-7-12(8-6-11)9-10(2)13(14)15-3/h1,5-8,10H,9H2,2-3H3. The molecule has 0 N–H and O–H groups in total. The van der Waals surface area contributed by atoms with E-state index in [2.05, 4.69) is 10.7 Å². The molecule has 2 nitrogen and oxygen atoms in total. The third-order valence-electron chi connectivity index (χ3n) is 2.27. The van der Waals surface area contributed by atoms with Gasteiger partial charge in [-0.3, -0.25) is 4.79 Å². The molecule has 0 amide bonds. The predicted molar refractivity (Wildman–Crippen MR) is 59.3 cm³/mol. The second-order valence-corrected chi connectivity index (χ2v) is 3.47. The molecule has 1 rings (SSSR count). The van der Waals surface area contributed by atoms with E-state index in [-0.39, 0.29) is 11.9 Å². The van der Waals surface area contributed by atoms with Crippen molar-refractivity contribution in [3.63, 3.8) is 0 Å². The Morgan fingerprint density at radius 1 is 1.47 bits per heavy atom. The van der Waals surface area contributed by atoms with Gasteiger partial charge in [-0.05, 0) is 24.1 Å². The molecule has 0 aliphatic heterocycles. The highest BCUT2D eigenvalue weighted by molar-refractivity contribution is 5.72. The summed E-state index contributed by atoms with van der Waals surface area (Å²) in [7, 11) is 1.40. The first-order chi connectivity index (χ1) is 7.17. The topological polar surface area (TPSA) is 26.3 Å². The molecule has 15 heavy (non-hydrogen) atoms. The average molecular weight is 202 g/mol. The van der Waals surface area contributed by atoms with Crippen LogP contribution in [0.25, 0.3) is 0 Å². The summed E-state index contributed by atoms with van der Waals surface area (Å²) in [6.45, 7) is 1.85. The summed E-state index contributed by atoms with van der Waals surface area (Å²) in [6, 6.07) is 7.63. The highest BCUT2D eigenvalue weighted by Gasteiger charge is 2.13. The van der Waals surface area contributed by atoms with Gasteiger partial charge >= 0.3 is 5.97 Å². The van der Waals surface area contributed by atoms with Crippen molar-refractivity contribution in [3.8, 4) is 12.3 Å². The van der Waals surface area contributed by atoms with E-state index < -0.39 is 0 Å². The number of benzene rings is 1. The molecule has 0 aliphatic carbocycles. The first-order valence-corrected chi connectivity index (χ1v) is 4.80. The normalized spacial score (nSPS) is 11.5. The van der Waals surface area contributed by atoms with E-state index in [1.54, 1.807) is 0 Å². The van der Waals surface area contributed by atoms with Crippen LogP contribution < -0.4 is 0 Å². The van der Waals surface area contributed by atoms with Crippen LogP contribution in [0.4, 0.5) is 0 Å². The van der Waals surface area contributed by atoms with E-state index in [0.717, 1.165) is 11.1 Å². The smallest absolute Gasteiger partial charge is 0.308 e. The third-order valence-corrected chi connectivity index (χ3v) is 2.27. The number of carbonyl (C=O) groups is 1. The lowest BCUT2D eigenvalue weighted by atomic mass is 10.0. The number of hydrogen-bond donors (Lipinski definition) is 0. The molecule has 0 radical (unpaired) electrons. The molecule has 78 valence electrons. The van der Waals surface area contributed by atoms with E-state index in [0.29, 0.717) is 6.42 Å². The SMILES string of the molecule is C#Cc1ccc(CC(C)C(=O)OC)cc1. The molecule has 0 heterocycles. The second kappa shape index (κ2) is 5.21. The van der Waals surface area contributed by atoms with Crippen LogP contribution in [-0.4, -0.2) is 13.1 Å². The van der Waals surface area contributed by atoms with Gasteiger partial charge in [0.25, 0.3) is 0 Å². The van der Waals surface area contributed by atoms with Crippen molar-refractivity contribution in [2.75, 3.05) is 7.11 Å². The maximum Gasteiger partial charge on any atom is 0.308 e. The minimum absolute atomic E-state index is 0.119. The fourth-order valence-corrected chi connectivity index (χ4v) is 1.38. The number of esters is 1. The molecule has 1 unspecified atom stereocenters. The van der Waals surface area contributed by atoms with E-state index in [1.807, 2.05) is 31.2 Å². The first kappa shape index (κ1) is 11.3. The fraction of sp³-hybridized carbons (Fsp3) is 0.308. The van der Waals surface area contributed by atoms with Crippen molar-refractivity contribution in [2.45, 2.75) is 13.3 Å². The molecule has 0 aliphatic rings. The van der Waals surface area contributed by atoms with Crippen LogP contribution in [-0.2, 0) is 16.0 Å². The molecule has 0 aromatic heterocycles. The lowest BCUT2D eigenvalue weighted by Gasteiger charge is -2.08. The summed E-state index contributed by atoms with van der Waals surface area (Å²) in [4.78, 5) is 11.2. The van der Waals surface area contributed by atoms with Crippen LogP contribution in [0.15, 0.2) is 24.3 Å². The van der Waals surface area contributed by atoms with Gasteiger partial charge in [-0.25, -0.2) is 0 Å². The van der Waals surface area contributed by atoms with Gasteiger partial charge in [-0.2, -0.15) is 0 Å². The molecule has 0 saturated heterocycles. The van der Waals surface area contributed by atoms with Gasteiger partial charge in [0.05, 0.1) is 13.0 Å². The van der Waals surface area contributed by atoms with Gasteiger partial charge in [0.1, 0.15) is 0 Å². The summed E-state index contributed by atoms with van der Waals surface area (Å²) < 4.78 is 4.66. The van der Waals surface area contributed by atoms with Crippen LogP contribution in [0.3, 0.4) is 0 Å². The van der Waals surface area contributed by atoms with Crippen LogP contribution >= 0.6 is 0 Å². The van der Waals surface area contributed by atoms with E-state index in [9.17, 15) is 4.79 Å². The van der Waals surface area contributed by atoms with Crippen molar-refractivity contribution in [1.82, 2.24) is 0 Å². The molecular weight excluding hydrogens is 188 g/mol. The van der Waals surface area contributed by atoms with Crippen molar-refractivity contribution >= 4 is 5.97 Å². The molecule has 0 saturated carbocycles. The van der Waals surface area contributed by atoms with Crippen molar-refractivity contribution < 1.29 is 9.53 Å². The minimum atomic E-state index is -0.184. The van der Waals surface area contributed by atoms with Gasteiger partial charge in [-0.1, -0.05) is 25.0 Å². The number of rotatable bonds is 3. The lowest BCUT2D eigenvalue weighted by Crippen LogP contribution is -2.14. The van der Waals surface area contributed by atoms with Gasteiger partial charge in [0, 0.05) is 5.56 Å². The lowest BCUT2D eigenvalue weighted by molar-refractivity contribution is -0.144. The van der Waals surface area contributed by atoms with Crippen LogP contribution in [0.1, 0.15) is 18.1 Å². The van der Waals surface area contributed by atoms with Crippen molar-refractivity contribution in [2.24, 2.45) is 5.92 Å². The van der Waals surface area contributed by atoms with Gasteiger partial charge in [-0.15, -0.1) is 6.42 Å². The first-order valence-electron chi connectivity index (χ1n) is 4.80. The summed E-state index contributed by atoms with van der Waals surface area (Å²) in [5.74, 6) is 2.25. The number of carbonyl (C=O) groups excluding carboxylic acids is 1. The van der Waals surface area contributed by atoms with E-state index >= 15 is 0 Å². The molecule has 0 spiro atoms. The van der Waals surface area contributed by atoms with Crippen LogP contribution in [0, 0.1) is 18.3 Å². The monoisotopic (exact) mass is 202 g/mol. The van der Waals surface area contributed by atoms with E-state index in [1.165, 1.54) is 7.11 Å². The Labute approximate surface area is 90.3 Å². The summed E-state index contributed by atoms with van der Waals surface area (Å²) in [5.41, 5.74) is 1.94. The van der Waals surface area contributed by atoms with Crippen molar-refractivity contribution in [1.29, 1.82) is 0 Å². The number of terminal acetylenes is 1. The molecule has 0 bridgehead atoms. The largest absolute Gasteiger partial charge is 0.469 e. The highest BCUT2D eigenvalue weighted by atomic mass is 16.5. The fourth-order valence-electron chi connectivity index (χ4n) is 1.38. The summed E-state index contributed by atoms with van der Waals surface area (Å²) in [6.07, 6.45) is 5.92. The Balaban J connectivity index is 2.66. The molecular formula is C13H14O2. The third kappa shape index (κ3) is 3.14. The zero-order chi connectivity index (χ0) is 11.3. The second-order valence-electron chi connectivity index (χ2n) is 3.47. The van der Waals surface area contributed by atoms with Crippen LogP contribution in [0.2, 0.25) is 0 Å². The maximum absolute atomic E-state index is 11.2. The minimum Gasteiger partial charge on any atom is -0.469 e. The van der Waals surface area contributed by atoms with Gasteiger partial charge in [0.2, 0.25) is 0 Å². The van der Waals surface area contributed by atoms with E-state index in [4.69, 9.17) is 6.42 Å². The average Bonchev–Trinajstić information content (AvgIpc) is 2.29.